The van der Waals surface area contributed by atoms with E-state index in [2.05, 4.69) is 50.4 Å². The molecule has 0 bridgehead atoms. The molecule has 0 fully saturated rings. The monoisotopic (exact) mass is 693 g/mol. The van der Waals surface area contributed by atoms with E-state index in [1.165, 1.54) is 0 Å². The van der Waals surface area contributed by atoms with E-state index < -0.39 is 38.3 Å². The summed E-state index contributed by atoms with van der Waals surface area (Å²) >= 11 is 2.35. The largest absolute Gasteiger partial charge is 0.494 e. The van der Waals surface area contributed by atoms with Gasteiger partial charge in [0.25, 0.3) is 14.9 Å². The van der Waals surface area contributed by atoms with Crippen molar-refractivity contribution in [1.29, 1.82) is 0 Å². The summed E-state index contributed by atoms with van der Waals surface area (Å²) in [4.78, 5) is 54.4. The minimum absolute atomic E-state index is 0.120. The summed E-state index contributed by atoms with van der Waals surface area (Å²) in [6.45, 7) is 10.8. The Labute approximate surface area is 258 Å². The van der Waals surface area contributed by atoms with Gasteiger partial charge in [-0.3, -0.25) is 14.4 Å². The van der Waals surface area contributed by atoms with Gasteiger partial charge in [0.15, 0.2) is 0 Å². The number of ether oxygens (including phenoxy) is 1. The lowest BCUT2D eigenvalue weighted by Gasteiger charge is -2.26. The lowest BCUT2D eigenvalue weighted by atomic mass is 10.1. The number of alkyl halides is 1. The Morgan fingerprint density at radius 2 is 1.49 bits per heavy atom. The summed E-state index contributed by atoms with van der Waals surface area (Å²) < 4.78 is 6.24. The fourth-order valence-electron chi connectivity index (χ4n) is 3.71. The SMILES string of the molecule is CCC(NC(=O)[Si](NC(=O)NCc1ccccc1)C(C)C(C)C)C(=O)C(=O)NCc1ccc(OCCC(C)I)cc1. The Bertz CT molecular complexity index is 1130. The number of rotatable bonds is 16. The average Bonchev–Trinajstić information content (AvgIpc) is 2.96. The molecule has 4 N–H and O–H groups in total. The molecule has 41 heavy (non-hydrogen) atoms. The van der Waals surface area contributed by atoms with Crippen LogP contribution in [0.15, 0.2) is 54.6 Å². The van der Waals surface area contributed by atoms with E-state index in [9.17, 15) is 19.2 Å². The molecule has 0 heterocycles. The number of Topliss-reactive ketones (excluding diaryl/α,β-unsaturated/α-hetero) is 1. The number of benzene rings is 2. The molecule has 1 radical (unpaired) electrons. The van der Waals surface area contributed by atoms with E-state index >= 15 is 0 Å². The molecule has 4 amide bonds. The highest BCUT2D eigenvalue weighted by atomic mass is 127. The van der Waals surface area contributed by atoms with Gasteiger partial charge in [0.2, 0.25) is 11.3 Å². The van der Waals surface area contributed by atoms with Crippen LogP contribution in [-0.4, -0.2) is 48.8 Å². The molecule has 0 saturated carbocycles. The third-order valence-corrected chi connectivity index (χ3v) is 9.99. The van der Waals surface area contributed by atoms with Crippen LogP contribution in [0.4, 0.5) is 9.59 Å². The van der Waals surface area contributed by atoms with E-state index in [4.69, 9.17) is 4.74 Å². The third-order valence-electron chi connectivity index (χ3n) is 6.66. The number of halogens is 1. The maximum Gasteiger partial charge on any atom is 0.307 e. The summed E-state index contributed by atoms with van der Waals surface area (Å²) in [5, 5.41) is 8.17. The van der Waals surface area contributed by atoms with Gasteiger partial charge in [0.05, 0.1) is 12.6 Å². The van der Waals surface area contributed by atoms with Crippen LogP contribution in [0.1, 0.15) is 58.6 Å². The molecule has 3 unspecified atom stereocenters. The van der Waals surface area contributed by atoms with Crippen molar-refractivity contribution in [3.63, 3.8) is 0 Å². The second-order valence-electron chi connectivity index (χ2n) is 10.3. The molecule has 0 saturated heterocycles. The summed E-state index contributed by atoms with van der Waals surface area (Å²) in [6.07, 6.45) is 1.19. The van der Waals surface area contributed by atoms with Gasteiger partial charge in [0.1, 0.15) is 5.75 Å². The highest BCUT2D eigenvalue weighted by Gasteiger charge is 2.35. The van der Waals surface area contributed by atoms with Crippen molar-refractivity contribution in [3.05, 3.63) is 65.7 Å². The van der Waals surface area contributed by atoms with E-state index in [0.29, 0.717) is 17.1 Å². The number of hydrogen-bond donors (Lipinski definition) is 4. The van der Waals surface area contributed by atoms with Gasteiger partial charge < -0.3 is 25.7 Å². The molecule has 9 nitrogen and oxygen atoms in total. The van der Waals surface area contributed by atoms with Crippen LogP contribution in [0, 0.1) is 5.92 Å². The predicted octanol–water partition coefficient (Wildman–Crippen LogP) is 5.07. The highest BCUT2D eigenvalue weighted by molar-refractivity contribution is 14.1. The van der Waals surface area contributed by atoms with Crippen LogP contribution in [0.5, 0.6) is 5.75 Å². The van der Waals surface area contributed by atoms with Crippen LogP contribution in [0.25, 0.3) is 0 Å². The standard InChI is InChI=1S/C30H42IN4O5Si/c1-6-26(27(36)28(37)32-18-24-12-14-25(15-13-24)40-17-16-21(4)31)34-30(39)41(22(5)20(2)3)35-29(38)33-19-23-10-8-7-9-11-23/h7-15,20-22,26H,6,16-19H2,1-5H3,(H,32,37)(H,34,39)(H2,33,35,38). The first-order chi connectivity index (χ1) is 19.5. The average molecular weight is 694 g/mol. The molecule has 11 heteroatoms. The zero-order valence-electron chi connectivity index (χ0n) is 24.5. The normalized spacial score (nSPS) is 13.2. The van der Waals surface area contributed by atoms with E-state index in [0.717, 1.165) is 23.3 Å². The molecular formula is C30H42IN4O5Si. The summed E-state index contributed by atoms with van der Waals surface area (Å²) in [5.74, 6) is -0.624. The molecule has 0 aliphatic rings. The first-order valence-corrected chi connectivity index (χ1v) is 16.8. The van der Waals surface area contributed by atoms with Gasteiger partial charge in [-0.2, -0.15) is 0 Å². The highest BCUT2D eigenvalue weighted by Crippen LogP contribution is 2.20. The minimum Gasteiger partial charge on any atom is -0.494 e. The van der Waals surface area contributed by atoms with Crippen molar-refractivity contribution < 1.29 is 23.9 Å². The topological polar surface area (TPSA) is 126 Å². The quantitative estimate of drug-likeness (QED) is 0.0846. The fourth-order valence-corrected chi connectivity index (χ4v) is 6.05. The van der Waals surface area contributed by atoms with Crippen molar-refractivity contribution in [2.45, 2.75) is 76.1 Å². The number of amides is 4. The van der Waals surface area contributed by atoms with E-state index in [1.807, 2.05) is 75.4 Å². The molecule has 2 rings (SSSR count). The molecule has 223 valence electrons. The van der Waals surface area contributed by atoms with Crippen molar-refractivity contribution in [2.24, 2.45) is 5.92 Å². The lowest BCUT2D eigenvalue weighted by Crippen LogP contribution is -2.59. The number of carbonyl (C=O) groups is 4. The van der Waals surface area contributed by atoms with Crippen LogP contribution in [0.2, 0.25) is 5.54 Å². The Morgan fingerprint density at radius 1 is 0.878 bits per heavy atom. The number of carbonyl (C=O) groups excluding carboxylic acids is 4. The molecule has 2 aromatic rings. The second-order valence-corrected chi connectivity index (χ2v) is 14.9. The lowest BCUT2D eigenvalue weighted by molar-refractivity contribution is -0.139. The van der Waals surface area contributed by atoms with Gasteiger partial charge >= 0.3 is 6.03 Å². The first kappa shape index (κ1) is 34.3. The first-order valence-electron chi connectivity index (χ1n) is 14.0. The number of nitrogens with one attached hydrogen (secondary N) is 4. The second kappa shape index (κ2) is 17.8. The molecule has 0 aromatic heterocycles. The maximum absolute atomic E-state index is 13.3. The fraction of sp³-hybridized carbons (Fsp3) is 0.467. The van der Waals surface area contributed by atoms with Crippen molar-refractivity contribution in [1.82, 2.24) is 20.9 Å². The van der Waals surface area contributed by atoms with Gasteiger partial charge in [-0.1, -0.05) is 99.7 Å². The summed E-state index contributed by atoms with van der Waals surface area (Å²) in [5.41, 5.74) is 1.22. The van der Waals surface area contributed by atoms with Crippen LogP contribution >= 0.6 is 22.6 Å². The molecular weight excluding hydrogens is 651 g/mol. The predicted molar refractivity (Wildman–Crippen MR) is 171 cm³/mol. The van der Waals surface area contributed by atoms with Crippen molar-refractivity contribution in [3.8, 4) is 5.75 Å². The molecule has 3 atom stereocenters. The number of hydrogen-bond acceptors (Lipinski definition) is 5. The molecule has 0 spiro atoms. The Kier molecular flexibility index (Phi) is 14.9. The van der Waals surface area contributed by atoms with Crippen LogP contribution in [0.3, 0.4) is 0 Å². The zero-order valence-corrected chi connectivity index (χ0v) is 27.6. The Hall–Kier alpha value is -2.93. The minimum atomic E-state index is -2.14. The molecule has 0 aliphatic carbocycles. The molecule has 0 aliphatic heterocycles. The van der Waals surface area contributed by atoms with E-state index in [1.54, 1.807) is 6.92 Å². The maximum atomic E-state index is 13.3. The summed E-state index contributed by atoms with van der Waals surface area (Å²) in [7, 11) is -2.14. The van der Waals surface area contributed by atoms with Crippen molar-refractivity contribution >= 4 is 54.8 Å². The van der Waals surface area contributed by atoms with Crippen LogP contribution in [-0.2, 0) is 22.7 Å². The van der Waals surface area contributed by atoms with Gasteiger partial charge in [0, 0.05) is 17.0 Å². The number of urea groups is 1. The van der Waals surface area contributed by atoms with Crippen LogP contribution < -0.4 is 25.7 Å². The van der Waals surface area contributed by atoms with Gasteiger partial charge in [-0.05, 0) is 47.6 Å². The van der Waals surface area contributed by atoms with E-state index in [-0.39, 0.29) is 24.4 Å². The Morgan fingerprint density at radius 3 is 2.07 bits per heavy atom. The van der Waals surface area contributed by atoms with Gasteiger partial charge in [-0.25, -0.2) is 4.79 Å². The number of ketones is 1. The third kappa shape index (κ3) is 12.2. The zero-order chi connectivity index (χ0) is 30.4. The van der Waals surface area contributed by atoms with Gasteiger partial charge in [-0.15, -0.1) is 0 Å². The molecule has 2 aromatic carbocycles. The van der Waals surface area contributed by atoms with Crippen molar-refractivity contribution in [2.75, 3.05) is 6.61 Å². The summed E-state index contributed by atoms with van der Waals surface area (Å²) in [6, 6.07) is 15.4. The Balaban J connectivity index is 1.93. The smallest absolute Gasteiger partial charge is 0.307 e.